The monoisotopic (exact) mass is 280 g/mol. The molecule has 0 spiro atoms. The van der Waals surface area contributed by atoms with Gasteiger partial charge >= 0.3 is 0 Å². The van der Waals surface area contributed by atoms with Crippen molar-refractivity contribution in [3.05, 3.63) is 69.7 Å². The lowest BCUT2D eigenvalue weighted by molar-refractivity contribution is 0.0992. The van der Waals surface area contributed by atoms with Crippen LogP contribution in [0, 0.1) is 18.6 Å². The molecule has 0 unspecified atom stereocenters. The third-order valence-electron chi connectivity index (χ3n) is 2.75. The predicted octanol–water partition coefficient (Wildman–Crippen LogP) is 4.35. The van der Waals surface area contributed by atoms with E-state index < -0.39 is 11.6 Å². The van der Waals surface area contributed by atoms with Crippen LogP contribution in [0.1, 0.15) is 21.5 Å². The molecule has 1 nitrogen and oxygen atoms in total. The second-order valence-corrected chi connectivity index (χ2v) is 4.71. The van der Waals surface area contributed by atoms with E-state index in [0.29, 0.717) is 11.1 Å². The van der Waals surface area contributed by atoms with Gasteiger partial charge in [0.1, 0.15) is 11.6 Å². The minimum absolute atomic E-state index is 0.0561. The van der Waals surface area contributed by atoms with Crippen molar-refractivity contribution in [3.8, 4) is 0 Å². The summed E-state index contributed by atoms with van der Waals surface area (Å²) in [7, 11) is 0. The molecule has 19 heavy (non-hydrogen) atoms. The zero-order chi connectivity index (χ0) is 14.0. The fourth-order valence-corrected chi connectivity index (χ4v) is 2.05. The summed E-state index contributed by atoms with van der Waals surface area (Å²) in [6.07, 6.45) is -0.0561. The average molecular weight is 281 g/mol. The first-order valence-corrected chi connectivity index (χ1v) is 6.08. The summed E-state index contributed by atoms with van der Waals surface area (Å²) in [5.41, 5.74) is 1.32. The first-order chi connectivity index (χ1) is 8.97. The number of halogens is 3. The van der Waals surface area contributed by atoms with Crippen LogP contribution in [0.15, 0.2) is 36.4 Å². The number of aryl methyl sites for hydroxylation is 1. The second-order valence-electron chi connectivity index (χ2n) is 4.33. The molecule has 2 aromatic rings. The van der Waals surface area contributed by atoms with Crippen molar-refractivity contribution >= 4 is 17.4 Å². The summed E-state index contributed by atoms with van der Waals surface area (Å²) in [6, 6.07) is 8.39. The molecule has 0 saturated carbocycles. The van der Waals surface area contributed by atoms with E-state index in [1.165, 1.54) is 24.3 Å². The first-order valence-electron chi connectivity index (χ1n) is 5.70. The van der Waals surface area contributed by atoms with Gasteiger partial charge in [-0.2, -0.15) is 0 Å². The van der Waals surface area contributed by atoms with Crippen LogP contribution in [0.5, 0.6) is 0 Å². The first kappa shape index (κ1) is 13.7. The van der Waals surface area contributed by atoms with Gasteiger partial charge in [-0.15, -0.1) is 0 Å². The van der Waals surface area contributed by atoms with Crippen molar-refractivity contribution in [1.29, 1.82) is 0 Å². The lowest BCUT2D eigenvalue weighted by Gasteiger charge is -2.06. The van der Waals surface area contributed by atoms with Crippen LogP contribution in [0.25, 0.3) is 0 Å². The Balaban J connectivity index is 2.28. The van der Waals surface area contributed by atoms with E-state index in [4.69, 9.17) is 11.6 Å². The molecule has 0 aliphatic heterocycles. The standard InChI is InChI=1S/C15H11ClF2O/c1-9-5-11(7-12(17)6-9)14(19)8-10-3-2-4-13(18)15(10)16/h2-7H,8H2,1H3. The number of carbonyl (C=O) groups is 1. The quantitative estimate of drug-likeness (QED) is 0.764. The van der Waals surface area contributed by atoms with E-state index in [-0.39, 0.29) is 22.8 Å². The maximum atomic E-state index is 13.3. The van der Waals surface area contributed by atoms with Crippen molar-refractivity contribution in [1.82, 2.24) is 0 Å². The third-order valence-corrected chi connectivity index (χ3v) is 3.17. The van der Waals surface area contributed by atoms with Crippen LogP contribution < -0.4 is 0 Å². The van der Waals surface area contributed by atoms with Gasteiger partial charge < -0.3 is 0 Å². The summed E-state index contributed by atoms with van der Waals surface area (Å²) < 4.78 is 26.5. The number of carbonyl (C=O) groups excluding carboxylic acids is 1. The highest BCUT2D eigenvalue weighted by molar-refractivity contribution is 6.31. The molecule has 0 aliphatic rings. The van der Waals surface area contributed by atoms with Crippen LogP contribution in [-0.4, -0.2) is 5.78 Å². The molecule has 0 aromatic heterocycles. The van der Waals surface area contributed by atoms with E-state index in [1.54, 1.807) is 19.1 Å². The number of rotatable bonds is 3. The molecule has 4 heteroatoms. The normalized spacial score (nSPS) is 10.5. The SMILES string of the molecule is Cc1cc(F)cc(C(=O)Cc2cccc(F)c2Cl)c1. The Kier molecular flexibility index (Phi) is 3.96. The van der Waals surface area contributed by atoms with E-state index in [1.807, 2.05) is 0 Å². The van der Waals surface area contributed by atoms with Gasteiger partial charge in [0.15, 0.2) is 5.78 Å². The number of Topliss-reactive ketones (excluding diaryl/α,β-unsaturated/α-hetero) is 1. The Labute approximate surface area is 114 Å². The van der Waals surface area contributed by atoms with Crippen molar-refractivity contribution in [2.45, 2.75) is 13.3 Å². The minimum Gasteiger partial charge on any atom is -0.294 e. The van der Waals surface area contributed by atoms with Gasteiger partial charge in [0.2, 0.25) is 0 Å². The molecular weight excluding hydrogens is 270 g/mol. The molecule has 0 fully saturated rings. The van der Waals surface area contributed by atoms with Crippen LogP contribution in [0.3, 0.4) is 0 Å². The van der Waals surface area contributed by atoms with Crippen molar-refractivity contribution in [2.75, 3.05) is 0 Å². The second kappa shape index (κ2) is 5.49. The smallest absolute Gasteiger partial charge is 0.167 e. The van der Waals surface area contributed by atoms with E-state index >= 15 is 0 Å². The molecule has 0 radical (unpaired) electrons. The van der Waals surface area contributed by atoms with Gasteiger partial charge in [-0.3, -0.25) is 4.79 Å². The third kappa shape index (κ3) is 3.18. The zero-order valence-corrected chi connectivity index (χ0v) is 11.0. The van der Waals surface area contributed by atoms with Crippen LogP contribution in [0.2, 0.25) is 5.02 Å². The fourth-order valence-electron chi connectivity index (χ4n) is 1.86. The Morgan fingerprint density at radius 2 is 1.95 bits per heavy atom. The van der Waals surface area contributed by atoms with E-state index in [0.717, 1.165) is 0 Å². The van der Waals surface area contributed by atoms with Gasteiger partial charge in [0, 0.05) is 12.0 Å². The Hall–Kier alpha value is -1.74. The van der Waals surface area contributed by atoms with Crippen LogP contribution in [-0.2, 0) is 6.42 Å². The van der Waals surface area contributed by atoms with Crippen molar-refractivity contribution in [3.63, 3.8) is 0 Å². The van der Waals surface area contributed by atoms with Crippen molar-refractivity contribution in [2.24, 2.45) is 0 Å². The lowest BCUT2D eigenvalue weighted by atomic mass is 10.0. The Bertz CT molecular complexity index is 618. The molecule has 0 saturated heterocycles. The zero-order valence-electron chi connectivity index (χ0n) is 10.2. The summed E-state index contributed by atoms with van der Waals surface area (Å²) in [4.78, 5) is 12.0. The minimum atomic E-state index is -0.567. The molecule has 0 amide bonds. The largest absolute Gasteiger partial charge is 0.294 e. The molecule has 0 bridgehead atoms. The van der Waals surface area contributed by atoms with Gasteiger partial charge in [-0.1, -0.05) is 23.7 Å². The molecule has 2 aromatic carbocycles. The number of ketones is 1. The maximum absolute atomic E-state index is 13.3. The highest BCUT2D eigenvalue weighted by Crippen LogP contribution is 2.21. The highest BCUT2D eigenvalue weighted by atomic mass is 35.5. The van der Waals surface area contributed by atoms with Crippen molar-refractivity contribution < 1.29 is 13.6 Å². The van der Waals surface area contributed by atoms with Gasteiger partial charge in [0.05, 0.1) is 5.02 Å². The van der Waals surface area contributed by atoms with E-state index in [2.05, 4.69) is 0 Å². The molecular formula is C15H11ClF2O. The predicted molar refractivity (Wildman–Crippen MR) is 70.6 cm³/mol. The van der Waals surface area contributed by atoms with Gasteiger partial charge in [-0.25, -0.2) is 8.78 Å². The summed E-state index contributed by atoms with van der Waals surface area (Å²) in [5, 5.41) is -0.0658. The summed E-state index contributed by atoms with van der Waals surface area (Å²) >= 11 is 5.79. The molecule has 0 aliphatic carbocycles. The van der Waals surface area contributed by atoms with Crippen LogP contribution in [0.4, 0.5) is 8.78 Å². The molecule has 0 atom stereocenters. The topological polar surface area (TPSA) is 17.1 Å². The Morgan fingerprint density at radius 3 is 2.63 bits per heavy atom. The molecule has 0 N–H and O–H groups in total. The summed E-state index contributed by atoms with van der Waals surface area (Å²) in [6.45, 7) is 1.70. The lowest BCUT2D eigenvalue weighted by Crippen LogP contribution is -2.05. The van der Waals surface area contributed by atoms with E-state index in [9.17, 15) is 13.6 Å². The fraction of sp³-hybridized carbons (Fsp3) is 0.133. The molecule has 2 rings (SSSR count). The number of hydrogen-bond acceptors (Lipinski definition) is 1. The molecule has 0 heterocycles. The van der Waals surface area contributed by atoms with Gasteiger partial charge in [0.25, 0.3) is 0 Å². The highest BCUT2D eigenvalue weighted by Gasteiger charge is 2.13. The average Bonchev–Trinajstić information content (AvgIpc) is 2.33. The Morgan fingerprint density at radius 1 is 1.21 bits per heavy atom. The molecule has 98 valence electrons. The van der Waals surface area contributed by atoms with Gasteiger partial charge in [-0.05, 0) is 42.3 Å². The van der Waals surface area contributed by atoms with Crippen LogP contribution >= 0.6 is 11.6 Å². The number of benzene rings is 2. The maximum Gasteiger partial charge on any atom is 0.167 e. The summed E-state index contributed by atoms with van der Waals surface area (Å²) in [5.74, 6) is -1.33. The number of hydrogen-bond donors (Lipinski definition) is 0.